The Kier molecular flexibility index (Phi) is 4.12. The fourth-order valence-corrected chi connectivity index (χ4v) is 3.90. The summed E-state index contributed by atoms with van der Waals surface area (Å²) >= 11 is 0. The Morgan fingerprint density at radius 3 is 1.62 bits per heavy atom. The minimum Gasteiger partial charge on any atom is -0.329 e. The van der Waals surface area contributed by atoms with Gasteiger partial charge in [0.05, 0.1) is 20.9 Å². The van der Waals surface area contributed by atoms with Gasteiger partial charge in [0.15, 0.2) is 0 Å². The molecule has 1 heterocycles. The molecule has 0 aliphatic carbocycles. The molecule has 12 heteroatoms. The summed E-state index contributed by atoms with van der Waals surface area (Å²) in [4.78, 5) is 24.6. The first-order valence-electron chi connectivity index (χ1n) is 7.08. The van der Waals surface area contributed by atoms with Gasteiger partial charge >= 0.3 is 0 Å². The van der Waals surface area contributed by atoms with Crippen LogP contribution >= 0.6 is 0 Å². The Balaban J connectivity index is 2.49. The zero-order valence-electron chi connectivity index (χ0n) is 12.9. The summed E-state index contributed by atoms with van der Waals surface area (Å²) in [6.07, 6.45) is 0. The molecule has 3 rings (SSSR count). The van der Waals surface area contributed by atoms with E-state index < -0.39 is 41.8 Å². The number of carbonyl (C=O) groups is 2. The summed E-state index contributed by atoms with van der Waals surface area (Å²) in [6, 6.07) is 3.61. The third kappa shape index (κ3) is 2.87. The van der Waals surface area contributed by atoms with Crippen LogP contribution in [0, 0.1) is 0 Å². The van der Waals surface area contributed by atoms with E-state index in [1.165, 1.54) is 0 Å². The molecule has 0 saturated carbocycles. The second kappa shape index (κ2) is 5.82. The molecule has 26 heavy (non-hydrogen) atoms. The van der Waals surface area contributed by atoms with Gasteiger partial charge < -0.3 is 5.73 Å². The third-order valence-electron chi connectivity index (χ3n) is 3.90. The molecule has 4 N–H and O–H groups in total. The molecule has 2 aromatic rings. The van der Waals surface area contributed by atoms with E-state index in [0.29, 0.717) is 0 Å². The van der Waals surface area contributed by atoms with Crippen molar-refractivity contribution >= 4 is 42.8 Å². The van der Waals surface area contributed by atoms with Gasteiger partial charge in [-0.1, -0.05) is 0 Å². The quantitative estimate of drug-likeness (QED) is 0.467. The van der Waals surface area contributed by atoms with E-state index >= 15 is 0 Å². The van der Waals surface area contributed by atoms with Crippen molar-refractivity contribution in [3.63, 3.8) is 0 Å². The van der Waals surface area contributed by atoms with Gasteiger partial charge in [-0.15, -0.1) is 0 Å². The summed E-state index contributed by atoms with van der Waals surface area (Å²) in [5, 5.41) is -0.0950. The second-order valence-corrected chi connectivity index (χ2v) is 8.38. The predicted molar refractivity (Wildman–Crippen MR) is 88.0 cm³/mol. The molecule has 0 spiro atoms. The number of carbonyl (C=O) groups excluding carboxylic acids is 2. The number of imide groups is 1. The third-order valence-corrected chi connectivity index (χ3v) is 5.56. The lowest BCUT2D eigenvalue weighted by Gasteiger charge is -2.27. The van der Waals surface area contributed by atoms with Crippen molar-refractivity contribution in [3.8, 4) is 0 Å². The van der Waals surface area contributed by atoms with Gasteiger partial charge in [0.25, 0.3) is 32.1 Å². The van der Waals surface area contributed by atoms with Gasteiger partial charge in [-0.05, 0) is 29.7 Å². The van der Waals surface area contributed by atoms with Crippen LogP contribution in [0.3, 0.4) is 0 Å². The average molecular weight is 400 g/mol. The first-order valence-corrected chi connectivity index (χ1v) is 9.96. The van der Waals surface area contributed by atoms with E-state index in [1.54, 1.807) is 0 Å². The van der Waals surface area contributed by atoms with Crippen molar-refractivity contribution in [2.24, 2.45) is 5.73 Å². The highest BCUT2D eigenvalue weighted by atomic mass is 32.2. The van der Waals surface area contributed by atoms with Crippen LogP contribution in [0.1, 0.15) is 20.7 Å². The minimum atomic E-state index is -4.72. The van der Waals surface area contributed by atoms with Gasteiger partial charge in [-0.2, -0.15) is 16.8 Å². The maximum Gasteiger partial charge on any atom is 0.294 e. The van der Waals surface area contributed by atoms with Crippen LogP contribution in [0.15, 0.2) is 34.1 Å². The van der Waals surface area contributed by atoms with Gasteiger partial charge in [0.2, 0.25) is 0 Å². The van der Waals surface area contributed by atoms with E-state index in [2.05, 4.69) is 0 Å². The lowest BCUT2D eigenvalue weighted by molar-refractivity contribution is 0.0615. The highest BCUT2D eigenvalue weighted by Crippen LogP contribution is 2.34. The minimum absolute atomic E-state index is 0.0214. The maximum atomic E-state index is 12.6. The van der Waals surface area contributed by atoms with Gasteiger partial charge in [-0.3, -0.25) is 23.6 Å². The molecule has 1 aliphatic rings. The van der Waals surface area contributed by atoms with Crippen LogP contribution in [-0.2, 0) is 20.2 Å². The SMILES string of the molecule is NCCN1C(=O)c2cc(S(=O)(=O)O)cc3cc(S(=O)(=O)O)cc(c23)C1=O. The Bertz CT molecular complexity index is 1100. The van der Waals surface area contributed by atoms with Gasteiger partial charge in [-0.25, -0.2) is 0 Å². The molecule has 0 saturated heterocycles. The smallest absolute Gasteiger partial charge is 0.294 e. The highest BCUT2D eigenvalue weighted by molar-refractivity contribution is 7.86. The zero-order valence-corrected chi connectivity index (χ0v) is 14.5. The van der Waals surface area contributed by atoms with Crippen molar-refractivity contribution < 1.29 is 35.5 Å². The lowest BCUT2D eigenvalue weighted by atomic mass is 9.94. The Labute approximate surface area is 147 Å². The zero-order chi connectivity index (χ0) is 19.4. The molecule has 10 nitrogen and oxygen atoms in total. The fraction of sp³-hybridized carbons (Fsp3) is 0.143. The van der Waals surface area contributed by atoms with Crippen LogP contribution in [0.4, 0.5) is 0 Å². The number of nitrogens with two attached hydrogens (primary N) is 1. The van der Waals surface area contributed by atoms with Gasteiger partial charge in [0, 0.05) is 18.5 Å². The van der Waals surface area contributed by atoms with Crippen molar-refractivity contribution in [2.75, 3.05) is 13.1 Å². The molecule has 2 amide bonds. The summed E-state index contributed by atoms with van der Waals surface area (Å²) in [5.74, 6) is -1.66. The fourth-order valence-electron chi connectivity index (χ4n) is 2.81. The van der Waals surface area contributed by atoms with Crippen molar-refractivity contribution in [1.82, 2.24) is 4.90 Å². The van der Waals surface area contributed by atoms with E-state index in [-0.39, 0.29) is 35.0 Å². The summed E-state index contributed by atoms with van der Waals surface area (Å²) in [5.41, 5.74) is 4.96. The Morgan fingerprint density at radius 1 is 0.846 bits per heavy atom. The summed E-state index contributed by atoms with van der Waals surface area (Å²) in [6.45, 7) is -0.267. The number of rotatable bonds is 4. The molecule has 138 valence electrons. The molecule has 2 aromatic carbocycles. The first-order chi connectivity index (χ1) is 11.9. The van der Waals surface area contributed by atoms with E-state index in [0.717, 1.165) is 29.2 Å². The normalized spacial score (nSPS) is 15.0. The standard InChI is InChI=1S/C14H12N2O8S2/c15-1-2-16-13(17)10-5-8(25(19,20)21)3-7-4-9(26(22,23)24)6-11(12(7)10)14(16)18/h3-6H,1-2,15H2,(H,19,20,21)(H,22,23,24). The molecule has 0 radical (unpaired) electrons. The average Bonchev–Trinajstić information content (AvgIpc) is 2.53. The number of hydrogen-bond donors (Lipinski definition) is 3. The van der Waals surface area contributed by atoms with Crippen LogP contribution < -0.4 is 5.73 Å². The van der Waals surface area contributed by atoms with Crippen molar-refractivity contribution in [1.29, 1.82) is 0 Å². The monoisotopic (exact) mass is 400 g/mol. The van der Waals surface area contributed by atoms with Crippen molar-refractivity contribution in [3.05, 3.63) is 35.4 Å². The maximum absolute atomic E-state index is 12.6. The molecule has 0 unspecified atom stereocenters. The molecule has 0 atom stereocenters. The number of nitrogens with zero attached hydrogens (tertiary/aromatic N) is 1. The molecule has 0 bridgehead atoms. The van der Waals surface area contributed by atoms with E-state index in [4.69, 9.17) is 5.73 Å². The molecular formula is C14H12N2O8S2. The van der Waals surface area contributed by atoms with Crippen LogP contribution in [0.2, 0.25) is 0 Å². The van der Waals surface area contributed by atoms with Crippen LogP contribution in [0.5, 0.6) is 0 Å². The van der Waals surface area contributed by atoms with Crippen LogP contribution in [0.25, 0.3) is 10.8 Å². The highest BCUT2D eigenvalue weighted by Gasteiger charge is 2.35. The second-order valence-electron chi connectivity index (χ2n) is 5.54. The molecular weight excluding hydrogens is 388 g/mol. The predicted octanol–water partition coefficient (Wildman–Crippen LogP) is -0.112. The Morgan fingerprint density at radius 2 is 1.27 bits per heavy atom. The number of amides is 2. The summed E-state index contributed by atoms with van der Waals surface area (Å²) < 4.78 is 64.5. The number of benzene rings is 2. The van der Waals surface area contributed by atoms with E-state index in [1.807, 2.05) is 0 Å². The van der Waals surface area contributed by atoms with Crippen LogP contribution in [-0.4, -0.2) is 55.7 Å². The summed E-state index contributed by atoms with van der Waals surface area (Å²) in [7, 11) is -9.45. The Hall–Kier alpha value is -2.38. The van der Waals surface area contributed by atoms with Gasteiger partial charge in [0.1, 0.15) is 0 Å². The number of hydrogen-bond acceptors (Lipinski definition) is 7. The van der Waals surface area contributed by atoms with Crippen molar-refractivity contribution in [2.45, 2.75) is 9.79 Å². The lowest BCUT2D eigenvalue weighted by Crippen LogP contribution is -2.43. The topological polar surface area (TPSA) is 172 Å². The largest absolute Gasteiger partial charge is 0.329 e. The molecule has 0 aromatic heterocycles. The molecule has 0 fully saturated rings. The first kappa shape index (κ1) is 18.4. The molecule has 1 aliphatic heterocycles. The van der Waals surface area contributed by atoms with E-state index in [9.17, 15) is 35.5 Å².